The van der Waals surface area contributed by atoms with E-state index < -0.39 is 23.8 Å². The Labute approximate surface area is 201 Å². The van der Waals surface area contributed by atoms with Gasteiger partial charge in [-0.05, 0) is 80.1 Å². The zero-order chi connectivity index (χ0) is 25.3. The first-order chi connectivity index (χ1) is 16.7. The van der Waals surface area contributed by atoms with Crippen LogP contribution in [0, 0.1) is 13.8 Å². The maximum Gasteiger partial charge on any atom is 0.337 e. The Bertz CT molecular complexity index is 1370. The lowest BCUT2D eigenvalue weighted by Crippen LogP contribution is -2.54. The third-order valence-corrected chi connectivity index (χ3v) is 5.75. The van der Waals surface area contributed by atoms with Crippen molar-refractivity contribution in [3.8, 4) is 11.4 Å². The van der Waals surface area contributed by atoms with Crippen LogP contribution in [0.25, 0.3) is 11.8 Å². The van der Waals surface area contributed by atoms with E-state index in [0.29, 0.717) is 22.6 Å². The highest BCUT2D eigenvalue weighted by Crippen LogP contribution is 2.27. The fourth-order valence-corrected chi connectivity index (χ4v) is 3.97. The van der Waals surface area contributed by atoms with Gasteiger partial charge in [-0.15, -0.1) is 0 Å². The number of methoxy groups -OCH3 is 2. The van der Waals surface area contributed by atoms with Gasteiger partial charge >= 0.3 is 12.0 Å². The van der Waals surface area contributed by atoms with Crippen LogP contribution in [0.5, 0.6) is 5.75 Å². The Morgan fingerprint density at radius 1 is 0.914 bits per heavy atom. The van der Waals surface area contributed by atoms with Crippen LogP contribution in [0.2, 0.25) is 0 Å². The average molecular weight is 473 g/mol. The van der Waals surface area contributed by atoms with Gasteiger partial charge in [0.25, 0.3) is 11.8 Å². The second kappa shape index (κ2) is 9.30. The lowest BCUT2D eigenvalue weighted by molar-refractivity contribution is -0.122. The van der Waals surface area contributed by atoms with Crippen molar-refractivity contribution in [3.63, 3.8) is 0 Å². The summed E-state index contributed by atoms with van der Waals surface area (Å²) in [5, 5.41) is 2.23. The molecule has 2 heterocycles. The topological polar surface area (TPSA) is 107 Å². The van der Waals surface area contributed by atoms with Crippen molar-refractivity contribution in [1.29, 1.82) is 0 Å². The number of imide groups is 2. The van der Waals surface area contributed by atoms with Gasteiger partial charge in [-0.2, -0.15) is 0 Å². The van der Waals surface area contributed by atoms with E-state index in [0.717, 1.165) is 22.0 Å². The third-order valence-electron chi connectivity index (χ3n) is 5.75. The Morgan fingerprint density at radius 3 is 2.14 bits per heavy atom. The van der Waals surface area contributed by atoms with Crippen LogP contribution in [0.3, 0.4) is 0 Å². The highest BCUT2D eigenvalue weighted by atomic mass is 16.5. The molecule has 0 bridgehead atoms. The zero-order valence-electron chi connectivity index (χ0n) is 19.6. The number of ether oxygens (including phenoxy) is 2. The summed E-state index contributed by atoms with van der Waals surface area (Å²) < 4.78 is 11.8. The summed E-state index contributed by atoms with van der Waals surface area (Å²) in [6.45, 7) is 3.74. The minimum Gasteiger partial charge on any atom is -0.497 e. The number of benzene rings is 2. The van der Waals surface area contributed by atoms with Crippen molar-refractivity contribution in [3.05, 3.63) is 82.7 Å². The Balaban J connectivity index is 1.70. The number of barbiturate groups is 1. The van der Waals surface area contributed by atoms with Crippen LogP contribution in [-0.2, 0) is 14.3 Å². The molecule has 0 radical (unpaired) electrons. The van der Waals surface area contributed by atoms with Crippen molar-refractivity contribution in [2.75, 3.05) is 19.1 Å². The molecular formula is C26H23N3O6. The summed E-state index contributed by atoms with van der Waals surface area (Å²) in [4.78, 5) is 50.9. The summed E-state index contributed by atoms with van der Waals surface area (Å²) in [5.74, 6) is -1.36. The Kier molecular flexibility index (Phi) is 6.24. The van der Waals surface area contributed by atoms with Gasteiger partial charge in [-0.3, -0.25) is 14.9 Å². The second-order valence-corrected chi connectivity index (χ2v) is 7.86. The minimum atomic E-state index is -0.821. The number of anilines is 1. The molecular weight excluding hydrogens is 450 g/mol. The maximum absolute atomic E-state index is 13.2. The summed E-state index contributed by atoms with van der Waals surface area (Å²) >= 11 is 0. The molecule has 1 aliphatic heterocycles. The number of hydrogen-bond donors (Lipinski definition) is 1. The zero-order valence-corrected chi connectivity index (χ0v) is 19.6. The van der Waals surface area contributed by atoms with Crippen LogP contribution in [0.4, 0.5) is 10.5 Å². The third kappa shape index (κ3) is 4.31. The van der Waals surface area contributed by atoms with Crippen molar-refractivity contribution >= 4 is 35.6 Å². The SMILES string of the molecule is COC(=O)c1ccc(-n2c(C)cc(/C=C3\C(=O)NC(=O)N(c4ccc(OC)cc4)C3=O)c2C)cc1. The molecule has 3 aromatic rings. The monoisotopic (exact) mass is 473 g/mol. The number of aryl methyl sites for hydroxylation is 1. The summed E-state index contributed by atoms with van der Waals surface area (Å²) in [5.41, 5.74) is 3.63. The van der Waals surface area contributed by atoms with E-state index >= 15 is 0 Å². The fourth-order valence-electron chi connectivity index (χ4n) is 3.97. The molecule has 9 nitrogen and oxygen atoms in total. The van der Waals surface area contributed by atoms with Crippen molar-refractivity contribution in [2.24, 2.45) is 0 Å². The first-order valence-corrected chi connectivity index (χ1v) is 10.7. The van der Waals surface area contributed by atoms with Gasteiger partial charge in [-0.1, -0.05) is 0 Å². The Hall–Kier alpha value is -4.66. The van der Waals surface area contributed by atoms with E-state index in [-0.39, 0.29) is 5.57 Å². The number of rotatable bonds is 5. The average Bonchev–Trinajstić information content (AvgIpc) is 3.14. The van der Waals surface area contributed by atoms with Gasteiger partial charge in [0, 0.05) is 17.1 Å². The number of carbonyl (C=O) groups excluding carboxylic acids is 4. The molecule has 4 amide bonds. The van der Waals surface area contributed by atoms with E-state index in [1.807, 2.05) is 24.5 Å². The Morgan fingerprint density at radius 2 is 1.54 bits per heavy atom. The van der Waals surface area contributed by atoms with E-state index in [1.165, 1.54) is 20.3 Å². The maximum atomic E-state index is 13.2. The fraction of sp³-hybridized carbons (Fsp3) is 0.154. The van der Waals surface area contributed by atoms with Gasteiger partial charge in [0.1, 0.15) is 11.3 Å². The molecule has 9 heteroatoms. The normalized spacial score (nSPS) is 14.8. The van der Waals surface area contributed by atoms with Crippen molar-refractivity contribution < 1.29 is 28.7 Å². The molecule has 35 heavy (non-hydrogen) atoms. The second-order valence-electron chi connectivity index (χ2n) is 7.86. The molecule has 0 unspecified atom stereocenters. The largest absolute Gasteiger partial charge is 0.497 e. The van der Waals surface area contributed by atoms with Gasteiger partial charge in [0.2, 0.25) is 0 Å². The van der Waals surface area contributed by atoms with Crippen molar-refractivity contribution in [2.45, 2.75) is 13.8 Å². The number of aromatic nitrogens is 1. The number of esters is 1. The number of nitrogens with one attached hydrogen (secondary N) is 1. The lowest BCUT2D eigenvalue weighted by atomic mass is 10.1. The highest BCUT2D eigenvalue weighted by molar-refractivity contribution is 6.39. The first-order valence-electron chi connectivity index (χ1n) is 10.7. The standard InChI is InChI=1S/C26H23N3O6/c1-15-13-18(16(2)28(15)19-7-5-17(6-8-19)25(32)35-4)14-22-23(30)27-26(33)29(24(22)31)20-9-11-21(34-3)12-10-20/h5-14H,1-4H3,(H,27,30,33)/b22-14+. The number of hydrogen-bond acceptors (Lipinski definition) is 6. The number of carbonyl (C=O) groups is 4. The summed E-state index contributed by atoms with van der Waals surface area (Å²) in [6.07, 6.45) is 1.47. The molecule has 178 valence electrons. The number of urea groups is 1. The van der Waals surface area contributed by atoms with Crippen LogP contribution in [0.1, 0.15) is 27.3 Å². The van der Waals surface area contributed by atoms with Crippen LogP contribution in [0.15, 0.2) is 60.2 Å². The molecule has 1 N–H and O–H groups in total. The van der Waals surface area contributed by atoms with E-state index in [9.17, 15) is 19.2 Å². The van der Waals surface area contributed by atoms with Crippen molar-refractivity contribution in [1.82, 2.24) is 9.88 Å². The van der Waals surface area contributed by atoms with Gasteiger partial charge in [0.05, 0.1) is 25.5 Å². The minimum absolute atomic E-state index is 0.165. The summed E-state index contributed by atoms with van der Waals surface area (Å²) in [6, 6.07) is 14.3. The van der Waals surface area contributed by atoms with E-state index in [1.54, 1.807) is 48.5 Å². The molecule has 4 rings (SSSR count). The van der Waals surface area contributed by atoms with Gasteiger partial charge in [-0.25, -0.2) is 14.5 Å². The predicted molar refractivity (Wildman–Crippen MR) is 129 cm³/mol. The quantitative estimate of drug-likeness (QED) is 0.345. The molecule has 0 aliphatic carbocycles. The van der Waals surface area contributed by atoms with E-state index in [4.69, 9.17) is 9.47 Å². The van der Waals surface area contributed by atoms with Crippen LogP contribution >= 0.6 is 0 Å². The van der Waals surface area contributed by atoms with Gasteiger partial charge in [0.15, 0.2) is 0 Å². The lowest BCUT2D eigenvalue weighted by Gasteiger charge is -2.26. The van der Waals surface area contributed by atoms with Crippen LogP contribution in [-0.4, -0.2) is 42.6 Å². The highest BCUT2D eigenvalue weighted by Gasteiger charge is 2.37. The molecule has 1 saturated heterocycles. The predicted octanol–water partition coefficient (Wildman–Crippen LogP) is 3.56. The molecule has 1 aromatic heterocycles. The van der Waals surface area contributed by atoms with Crippen LogP contribution < -0.4 is 15.0 Å². The number of nitrogens with zero attached hydrogens (tertiary/aromatic N) is 2. The molecule has 2 aromatic carbocycles. The summed E-state index contributed by atoms with van der Waals surface area (Å²) in [7, 11) is 2.83. The molecule has 0 spiro atoms. The van der Waals surface area contributed by atoms with E-state index in [2.05, 4.69) is 5.32 Å². The smallest absolute Gasteiger partial charge is 0.337 e. The first kappa shape index (κ1) is 23.5. The van der Waals surface area contributed by atoms with Gasteiger partial charge < -0.3 is 14.0 Å². The molecule has 1 aliphatic rings. The molecule has 1 fully saturated rings. The molecule has 0 atom stereocenters. The molecule has 0 saturated carbocycles. The number of amides is 4.